The lowest BCUT2D eigenvalue weighted by molar-refractivity contribution is -0.134. The van der Waals surface area contributed by atoms with E-state index >= 15 is 0 Å². The topological polar surface area (TPSA) is 29.5 Å². The Morgan fingerprint density at radius 1 is 1.26 bits per heavy atom. The van der Waals surface area contributed by atoms with Crippen molar-refractivity contribution in [2.24, 2.45) is 0 Å². The summed E-state index contributed by atoms with van der Waals surface area (Å²) in [6.45, 7) is 5.18. The van der Waals surface area contributed by atoms with Crippen LogP contribution in [-0.2, 0) is 11.2 Å². The Kier molecular flexibility index (Phi) is 5.01. The third kappa shape index (κ3) is 3.75. The number of likely N-dealkylation sites (tertiary alicyclic amines) is 1. The second-order valence-corrected chi connectivity index (χ2v) is 7.30. The number of hydrogen-bond acceptors (Lipinski definition) is 3. The highest BCUT2D eigenvalue weighted by Gasteiger charge is 2.30. The summed E-state index contributed by atoms with van der Waals surface area (Å²) in [6, 6.07) is 12.5. The van der Waals surface area contributed by atoms with Crippen LogP contribution in [0.15, 0.2) is 36.4 Å². The van der Waals surface area contributed by atoms with Crippen LogP contribution in [0.1, 0.15) is 41.1 Å². The van der Waals surface area contributed by atoms with Crippen molar-refractivity contribution in [2.45, 2.75) is 39.2 Å². The molecule has 0 N–H and O–H groups in total. The number of amides is 1. The van der Waals surface area contributed by atoms with Crippen molar-refractivity contribution in [1.29, 1.82) is 0 Å². The summed E-state index contributed by atoms with van der Waals surface area (Å²) in [7, 11) is 0. The first-order valence-electron chi connectivity index (χ1n) is 8.25. The van der Waals surface area contributed by atoms with Crippen LogP contribution in [-0.4, -0.2) is 24.0 Å². The Bertz CT molecular complexity index is 662. The van der Waals surface area contributed by atoms with Crippen LogP contribution in [0.5, 0.6) is 5.75 Å². The van der Waals surface area contributed by atoms with Crippen LogP contribution < -0.4 is 4.74 Å². The van der Waals surface area contributed by atoms with E-state index in [1.807, 2.05) is 29.2 Å². The molecule has 0 spiro atoms. The van der Waals surface area contributed by atoms with Crippen molar-refractivity contribution in [1.82, 2.24) is 4.90 Å². The molecular weight excluding hydrogens is 306 g/mol. The molecule has 0 saturated carbocycles. The minimum atomic E-state index is 0.0816. The number of carbonyl (C=O) groups is 1. The van der Waals surface area contributed by atoms with Gasteiger partial charge in [-0.3, -0.25) is 4.79 Å². The molecular formula is C19H23NO2S. The largest absolute Gasteiger partial charge is 0.484 e. The van der Waals surface area contributed by atoms with E-state index < -0.39 is 0 Å². The van der Waals surface area contributed by atoms with E-state index in [0.717, 1.165) is 31.6 Å². The zero-order valence-electron chi connectivity index (χ0n) is 13.7. The van der Waals surface area contributed by atoms with Gasteiger partial charge in [-0.2, -0.15) is 0 Å². The van der Waals surface area contributed by atoms with Crippen molar-refractivity contribution < 1.29 is 9.53 Å². The predicted octanol–water partition coefficient (Wildman–Crippen LogP) is 4.36. The van der Waals surface area contributed by atoms with Gasteiger partial charge in [0.1, 0.15) is 5.75 Å². The summed E-state index contributed by atoms with van der Waals surface area (Å²) < 4.78 is 5.68. The summed E-state index contributed by atoms with van der Waals surface area (Å²) in [6.07, 6.45) is 3.13. The van der Waals surface area contributed by atoms with Gasteiger partial charge in [0.05, 0.1) is 6.04 Å². The average molecular weight is 329 g/mol. The van der Waals surface area contributed by atoms with Gasteiger partial charge in [-0.05, 0) is 56.0 Å². The van der Waals surface area contributed by atoms with Crippen LogP contribution >= 0.6 is 11.3 Å². The van der Waals surface area contributed by atoms with Gasteiger partial charge < -0.3 is 9.64 Å². The molecule has 1 amide bonds. The predicted molar refractivity (Wildman–Crippen MR) is 94.1 cm³/mol. The molecule has 0 radical (unpaired) electrons. The Hall–Kier alpha value is -1.81. The number of rotatable bonds is 5. The maximum absolute atomic E-state index is 12.5. The first-order chi connectivity index (χ1) is 11.2. The lowest BCUT2D eigenvalue weighted by Crippen LogP contribution is -2.34. The summed E-state index contributed by atoms with van der Waals surface area (Å²) in [5, 5.41) is 0. The molecule has 1 aliphatic rings. The number of aryl methyl sites for hydroxylation is 2. The Balaban J connectivity index is 1.60. The second-order valence-electron chi connectivity index (χ2n) is 5.98. The van der Waals surface area contributed by atoms with Crippen molar-refractivity contribution in [3.05, 3.63) is 51.7 Å². The standard InChI is InChI=1S/C19H23NO2S/c1-3-15-7-9-16(10-8-15)22-13-19(21)20-12-4-5-17(20)18-11-6-14(2)23-18/h6-11,17H,3-5,12-13H2,1-2H3. The highest BCUT2D eigenvalue weighted by Crippen LogP contribution is 2.35. The van der Waals surface area contributed by atoms with Crippen molar-refractivity contribution in [3.8, 4) is 5.75 Å². The van der Waals surface area contributed by atoms with E-state index in [-0.39, 0.29) is 18.6 Å². The molecule has 1 aliphatic heterocycles. The van der Waals surface area contributed by atoms with E-state index in [2.05, 4.69) is 26.0 Å². The highest BCUT2D eigenvalue weighted by atomic mass is 32.1. The highest BCUT2D eigenvalue weighted by molar-refractivity contribution is 7.12. The fraction of sp³-hybridized carbons (Fsp3) is 0.421. The Labute approximate surface area is 141 Å². The molecule has 122 valence electrons. The third-order valence-corrected chi connectivity index (χ3v) is 5.46. The summed E-state index contributed by atoms with van der Waals surface area (Å²) >= 11 is 1.79. The lowest BCUT2D eigenvalue weighted by Gasteiger charge is -2.24. The molecule has 4 heteroatoms. The molecule has 1 fully saturated rings. The fourth-order valence-corrected chi connectivity index (χ4v) is 4.07. The smallest absolute Gasteiger partial charge is 0.261 e. The molecule has 1 aromatic heterocycles. The zero-order valence-corrected chi connectivity index (χ0v) is 14.6. The van der Waals surface area contributed by atoms with E-state index in [0.29, 0.717) is 0 Å². The van der Waals surface area contributed by atoms with Gasteiger partial charge in [-0.15, -0.1) is 11.3 Å². The molecule has 23 heavy (non-hydrogen) atoms. The summed E-state index contributed by atoms with van der Waals surface area (Å²) in [4.78, 5) is 17.1. The molecule has 3 nitrogen and oxygen atoms in total. The lowest BCUT2D eigenvalue weighted by atomic mass is 10.2. The van der Waals surface area contributed by atoms with Crippen LogP contribution in [0.3, 0.4) is 0 Å². The van der Waals surface area contributed by atoms with Crippen LogP contribution in [0.25, 0.3) is 0 Å². The van der Waals surface area contributed by atoms with Gasteiger partial charge in [0, 0.05) is 16.3 Å². The third-order valence-electron chi connectivity index (χ3n) is 4.36. The van der Waals surface area contributed by atoms with Crippen LogP contribution in [0, 0.1) is 6.92 Å². The number of ether oxygens (including phenoxy) is 1. The molecule has 1 aromatic carbocycles. The van der Waals surface area contributed by atoms with E-state index in [1.54, 1.807) is 11.3 Å². The van der Waals surface area contributed by atoms with Crippen molar-refractivity contribution in [2.75, 3.05) is 13.2 Å². The van der Waals surface area contributed by atoms with Crippen molar-refractivity contribution in [3.63, 3.8) is 0 Å². The second kappa shape index (κ2) is 7.18. The molecule has 0 bridgehead atoms. The van der Waals surface area contributed by atoms with Gasteiger partial charge in [0.15, 0.2) is 6.61 Å². The summed E-state index contributed by atoms with van der Waals surface area (Å²) in [5.41, 5.74) is 1.27. The molecule has 2 aromatic rings. The fourth-order valence-electron chi connectivity index (χ4n) is 3.04. The maximum Gasteiger partial charge on any atom is 0.261 e. The molecule has 1 unspecified atom stereocenters. The quantitative estimate of drug-likeness (QED) is 0.815. The molecule has 1 saturated heterocycles. The van der Waals surface area contributed by atoms with Gasteiger partial charge in [-0.1, -0.05) is 19.1 Å². The SMILES string of the molecule is CCc1ccc(OCC(=O)N2CCCC2c2ccc(C)s2)cc1. The molecule has 3 rings (SSSR count). The Morgan fingerprint density at radius 2 is 2.04 bits per heavy atom. The van der Waals surface area contributed by atoms with Crippen LogP contribution in [0.4, 0.5) is 0 Å². The Morgan fingerprint density at radius 3 is 2.70 bits per heavy atom. The van der Waals surface area contributed by atoms with E-state index in [9.17, 15) is 4.79 Å². The van der Waals surface area contributed by atoms with Gasteiger partial charge in [-0.25, -0.2) is 0 Å². The van der Waals surface area contributed by atoms with Gasteiger partial charge in [0.25, 0.3) is 5.91 Å². The minimum absolute atomic E-state index is 0.0816. The normalized spacial score (nSPS) is 17.5. The van der Waals surface area contributed by atoms with Gasteiger partial charge in [0.2, 0.25) is 0 Å². The number of nitrogens with zero attached hydrogens (tertiary/aromatic N) is 1. The number of benzene rings is 1. The number of thiophene rings is 1. The van der Waals surface area contributed by atoms with Crippen LogP contribution in [0.2, 0.25) is 0 Å². The maximum atomic E-state index is 12.5. The zero-order chi connectivity index (χ0) is 16.2. The van der Waals surface area contributed by atoms with E-state index in [1.165, 1.54) is 15.3 Å². The molecule has 2 heterocycles. The number of hydrogen-bond donors (Lipinski definition) is 0. The first-order valence-corrected chi connectivity index (χ1v) is 9.06. The summed E-state index contributed by atoms with van der Waals surface area (Å²) in [5.74, 6) is 0.844. The first kappa shape index (κ1) is 16.1. The average Bonchev–Trinajstić information content (AvgIpc) is 3.21. The molecule has 1 atom stereocenters. The van der Waals surface area contributed by atoms with Crippen molar-refractivity contribution >= 4 is 17.2 Å². The number of carbonyl (C=O) groups excluding carboxylic acids is 1. The van der Waals surface area contributed by atoms with E-state index in [4.69, 9.17) is 4.74 Å². The minimum Gasteiger partial charge on any atom is -0.484 e. The monoisotopic (exact) mass is 329 g/mol. The molecule has 0 aliphatic carbocycles. The van der Waals surface area contributed by atoms with Gasteiger partial charge >= 0.3 is 0 Å².